The van der Waals surface area contributed by atoms with Crippen LogP contribution in [0, 0.1) is 0 Å². The molecule has 0 saturated carbocycles. The molecule has 1 aromatic heterocycles. The predicted molar refractivity (Wildman–Crippen MR) is 62.9 cm³/mol. The van der Waals surface area contributed by atoms with Gasteiger partial charge in [-0.15, -0.1) is 0 Å². The van der Waals surface area contributed by atoms with Gasteiger partial charge in [-0.05, 0) is 23.8 Å². The first-order chi connectivity index (χ1) is 7.35. The van der Waals surface area contributed by atoms with E-state index in [-0.39, 0.29) is 0 Å². The summed E-state index contributed by atoms with van der Waals surface area (Å²) in [5.74, 6) is 0.880. The van der Waals surface area contributed by atoms with Gasteiger partial charge in [0.05, 0.1) is 7.11 Å². The smallest absolute Gasteiger partial charge is 0.128 e. The van der Waals surface area contributed by atoms with E-state index in [1.54, 1.807) is 7.11 Å². The molecule has 1 aromatic carbocycles. The van der Waals surface area contributed by atoms with Crippen molar-refractivity contribution in [3.05, 3.63) is 36.0 Å². The number of nitrogens with two attached hydrogens (primary N) is 1. The fourth-order valence-corrected chi connectivity index (χ4v) is 1.62. The van der Waals surface area contributed by atoms with Crippen molar-refractivity contribution in [3.8, 4) is 5.75 Å². The average Bonchev–Trinajstić information content (AvgIpc) is 2.73. The maximum absolute atomic E-state index is 5.41. The van der Waals surface area contributed by atoms with Crippen LogP contribution in [0.4, 0.5) is 0 Å². The fraction of sp³-hybridized carbons (Fsp3) is 0.167. The molecule has 0 saturated heterocycles. The van der Waals surface area contributed by atoms with Crippen molar-refractivity contribution in [2.45, 2.75) is 0 Å². The van der Waals surface area contributed by atoms with Gasteiger partial charge in [0.2, 0.25) is 0 Å². The largest absolute Gasteiger partial charge is 0.496 e. The topological polar surface area (TPSA) is 51.0 Å². The van der Waals surface area contributed by atoms with Gasteiger partial charge in [-0.25, -0.2) is 0 Å². The van der Waals surface area contributed by atoms with Gasteiger partial charge in [-0.1, -0.05) is 12.2 Å². The summed E-state index contributed by atoms with van der Waals surface area (Å²) in [6, 6.07) is 6.08. The SMILES string of the molecule is COc1cc(/C=C/CN)cc2[nH]ccc12. The zero-order valence-corrected chi connectivity index (χ0v) is 8.66. The Balaban J connectivity index is 2.53. The molecule has 3 nitrogen and oxygen atoms in total. The van der Waals surface area contributed by atoms with Crippen molar-refractivity contribution in [2.75, 3.05) is 13.7 Å². The Morgan fingerprint density at radius 2 is 2.33 bits per heavy atom. The summed E-state index contributed by atoms with van der Waals surface area (Å²) in [5, 5.41) is 1.10. The van der Waals surface area contributed by atoms with Crippen LogP contribution in [0.25, 0.3) is 17.0 Å². The first-order valence-electron chi connectivity index (χ1n) is 4.87. The van der Waals surface area contributed by atoms with Crippen molar-refractivity contribution < 1.29 is 4.74 Å². The summed E-state index contributed by atoms with van der Waals surface area (Å²) in [4.78, 5) is 3.17. The standard InChI is InChI=1S/C12H14N2O/c1-15-12-8-9(3-2-5-13)7-11-10(12)4-6-14-11/h2-4,6-8,14H,5,13H2,1H3/b3-2+. The Hall–Kier alpha value is -1.74. The third-order valence-electron chi connectivity index (χ3n) is 2.32. The van der Waals surface area contributed by atoms with Crippen LogP contribution < -0.4 is 10.5 Å². The Morgan fingerprint density at radius 3 is 3.07 bits per heavy atom. The number of aromatic nitrogens is 1. The van der Waals surface area contributed by atoms with Gasteiger partial charge in [0.1, 0.15) is 5.75 Å². The number of hydrogen-bond acceptors (Lipinski definition) is 2. The minimum atomic E-state index is 0.547. The van der Waals surface area contributed by atoms with Gasteiger partial charge in [0.15, 0.2) is 0 Å². The molecule has 1 heterocycles. The first kappa shape index (κ1) is 9.80. The van der Waals surface area contributed by atoms with Crippen molar-refractivity contribution in [1.82, 2.24) is 4.98 Å². The molecular formula is C12H14N2O. The zero-order chi connectivity index (χ0) is 10.7. The number of fused-ring (bicyclic) bond motifs is 1. The van der Waals surface area contributed by atoms with E-state index >= 15 is 0 Å². The van der Waals surface area contributed by atoms with Crippen LogP contribution in [-0.4, -0.2) is 18.6 Å². The minimum absolute atomic E-state index is 0.547. The molecule has 0 spiro atoms. The molecule has 78 valence electrons. The Labute approximate surface area is 88.5 Å². The summed E-state index contributed by atoms with van der Waals surface area (Å²) in [7, 11) is 1.68. The van der Waals surface area contributed by atoms with Crippen LogP contribution in [0.15, 0.2) is 30.5 Å². The molecule has 15 heavy (non-hydrogen) atoms. The molecule has 0 aliphatic heterocycles. The highest BCUT2D eigenvalue weighted by molar-refractivity contribution is 5.88. The molecular weight excluding hydrogens is 188 g/mol. The van der Waals surface area contributed by atoms with E-state index in [0.29, 0.717) is 6.54 Å². The number of methoxy groups -OCH3 is 1. The molecule has 2 rings (SSSR count). The van der Waals surface area contributed by atoms with Gasteiger partial charge in [0.25, 0.3) is 0 Å². The van der Waals surface area contributed by atoms with E-state index in [1.807, 2.05) is 30.5 Å². The van der Waals surface area contributed by atoms with Crippen LogP contribution in [0.3, 0.4) is 0 Å². The van der Waals surface area contributed by atoms with Crippen LogP contribution in [0.5, 0.6) is 5.75 Å². The highest BCUT2D eigenvalue weighted by Gasteiger charge is 2.03. The Kier molecular flexibility index (Phi) is 2.74. The molecule has 0 amide bonds. The summed E-state index contributed by atoms with van der Waals surface area (Å²) in [6.07, 6.45) is 5.82. The van der Waals surface area contributed by atoms with Gasteiger partial charge >= 0.3 is 0 Å². The van der Waals surface area contributed by atoms with Crippen molar-refractivity contribution in [3.63, 3.8) is 0 Å². The molecule has 0 bridgehead atoms. The lowest BCUT2D eigenvalue weighted by atomic mass is 10.1. The molecule has 0 aliphatic rings. The van der Waals surface area contributed by atoms with Gasteiger partial charge in [-0.3, -0.25) is 0 Å². The predicted octanol–water partition coefficient (Wildman–Crippen LogP) is 2.15. The van der Waals surface area contributed by atoms with E-state index in [4.69, 9.17) is 10.5 Å². The van der Waals surface area contributed by atoms with Crippen LogP contribution in [-0.2, 0) is 0 Å². The van der Waals surface area contributed by atoms with Crippen molar-refractivity contribution in [1.29, 1.82) is 0 Å². The molecule has 0 fully saturated rings. The third kappa shape index (κ3) is 1.87. The highest BCUT2D eigenvalue weighted by Crippen LogP contribution is 2.27. The summed E-state index contributed by atoms with van der Waals surface area (Å²) in [5.41, 5.74) is 7.58. The number of nitrogens with one attached hydrogen (secondary N) is 1. The van der Waals surface area contributed by atoms with Gasteiger partial charge in [0, 0.05) is 23.6 Å². The number of rotatable bonds is 3. The second kappa shape index (κ2) is 4.19. The first-order valence-corrected chi connectivity index (χ1v) is 4.87. The van der Waals surface area contributed by atoms with Crippen molar-refractivity contribution in [2.24, 2.45) is 5.73 Å². The maximum atomic E-state index is 5.41. The number of H-pyrrole nitrogens is 1. The van der Waals surface area contributed by atoms with E-state index < -0.39 is 0 Å². The molecule has 0 atom stereocenters. The summed E-state index contributed by atoms with van der Waals surface area (Å²) < 4.78 is 5.32. The lowest BCUT2D eigenvalue weighted by molar-refractivity contribution is 0.420. The van der Waals surface area contributed by atoms with E-state index in [9.17, 15) is 0 Å². The monoisotopic (exact) mass is 202 g/mol. The lowest BCUT2D eigenvalue weighted by Crippen LogP contribution is -1.92. The van der Waals surface area contributed by atoms with E-state index in [2.05, 4.69) is 11.1 Å². The summed E-state index contributed by atoms with van der Waals surface area (Å²) in [6.45, 7) is 0.547. The Morgan fingerprint density at radius 1 is 1.47 bits per heavy atom. The lowest BCUT2D eigenvalue weighted by Gasteiger charge is -2.03. The normalized spacial score (nSPS) is 11.3. The Bertz CT molecular complexity index is 485. The number of hydrogen-bond donors (Lipinski definition) is 2. The fourth-order valence-electron chi connectivity index (χ4n) is 1.62. The molecule has 0 aliphatic carbocycles. The molecule has 2 aromatic rings. The van der Waals surface area contributed by atoms with E-state index in [1.165, 1.54) is 0 Å². The maximum Gasteiger partial charge on any atom is 0.128 e. The van der Waals surface area contributed by atoms with Gasteiger partial charge in [-0.2, -0.15) is 0 Å². The average molecular weight is 202 g/mol. The van der Waals surface area contributed by atoms with Crippen LogP contribution in [0.2, 0.25) is 0 Å². The molecule has 3 heteroatoms. The summed E-state index contributed by atoms with van der Waals surface area (Å²) >= 11 is 0. The van der Waals surface area contributed by atoms with Crippen LogP contribution in [0.1, 0.15) is 5.56 Å². The quantitative estimate of drug-likeness (QED) is 0.801. The second-order valence-electron chi connectivity index (χ2n) is 3.30. The third-order valence-corrected chi connectivity index (χ3v) is 2.32. The molecule has 0 radical (unpaired) electrons. The number of benzene rings is 1. The van der Waals surface area contributed by atoms with Crippen molar-refractivity contribution >= 4 is 17.0 Å². The van der Waals surface area contributed by atoms with Crippen LogP contribution >= 0.6 is 0 Å². The number of ether oxygens (including phenoxy) is 1. The van der Waals surface area contributed by atoms with E-state index in [0.717, 1.165) is 22.2 Å². The highest BCUT2D eigenvalue weighted by atomic mass is 16.5. The zero-order valence-electron chi connectivity index (χ0n) is 8.66. The minimum Gasteiger partial charge on any atom is -0.496 e. The second-order valence-corrected chi connectivity index (χ2v) is 3.30. The molecule has 3 N–H and O–H groups in total. The van der Waals surface area contributed by atoms with Gasteiger partial charge < -0.3 is 15.5 Å². The number of aromatic amines is 1. The molecule has 0 unspecified atom stereocenters.